The molecule has 78 valence electrons. The van der Waals surface area contributed by atoms with Gasteiger partial charge in [0.15, 0.2) is 0 Å². The molecule has 0 fully saturated rings. The fourth-order valence-corrected chi connectivity index (χ4v) is 1.19. The number of ether oxygens (including phenoxy) is 2. The van der Waals surface area contributed by atoms with E-state index in [1.807, 2.05) is 20.8 Å². The standard InChI is InChI=1S/C10H20O3/c1-5-9(6-2)10(11)13-8(3)7-12-4/h8-9H,5-7H2,1-4H3. The van der Waals surface area contributed by atoms with Gasteiger partial charge in [-0.1, -0.05) is 13.8 Å². The van der Waals surface area contributed by atoms with Gasteiger partial charge in [-0.3, -0.25) is 4.79 Å². The Morgan fingerprint density at radius 3 is 2.23 bits per heavy atom. The Labute approximate surface area is 80.4 Å². The van der Waals surface area contributed by atoms with Crippen LogP contribution in [0.1, 0.15) is 33.6 Å². The van der Waals surface area contributed by atoms with Crippen LogP contribution in [0.25, 0.3) is 0 Å². The molecule has 0 spiro atoms. The Hall–Kier alpha value is -0.570. The van der Waals surface area contributed by atoms with Crippen LogP contribution in [0.4, 0.5) is 0 Å². The van der Waals surface area contributed by atoms with E-state index in [4.69, 9.17) is 9.47 Å². The topological polar surface area (TPSA) is 35.5 Å². The van der Waals surface area contributed by atoms with Crippen molar-refractivity contribution in [3.8, 4) is 0 Å². The summed E-state index contributed by atoms with van der Waals surface area (Å²) in [7, 11) is 1.60. The Balaban J connectivity index is 3.83. The van der Waals surface area contributed by atoms with E-state index >= 15 is 0 Å². The number of methoxy groups -OCH3 is 1. The number of hydrogen-bond donors (Lipinski definition) is 0. The molecule has 0 heterocycles. The number of hydrogen-bond acceptors (Lipinski definition) is 3. The third kappa shape index (κ3) is 4.88. The minimum atomic E-state index is -0.141. The van der Waals surface area contributed by atoms with E-state index in [1.165, 1.54) is 0 Å². The summed E-state index contributed by atoms with van der Waals surface area (Å²) in [6.07, 6.45) is 1.54. The van der Waals surface area contributed by atoms with E-state index in [-0.39, 0.29) is 18.0 Å². The van der Waals surface area contributed by atoms with Gasteiger partial charge in [-0.05, 0) is 19.8 Å². The van der Waals surface area contributed by atoms with Gasteiger partial charge in [-0.25, -0.2) is 0 Å². The molecule has 0 aliphatic carbocycles. The van der Waals surface area contributed by atoms with Crippen LogP contribution in [-0.2, 0) is 14.3 Å². The Kier molecular flexibility index (Phi) is 6.59. The first-order valence-corrected chi connectivity index (χ1v) is 4.85. The summed E-state index contributed by atoms with van der Waals surface area (Å²) in [6, 6.07) is 0. The van der Waals surface area contributed by atoms with Gasteiger partial charge >= 0.3 is 5.97 Å². The lowest BCUT2D eigenvalue weighted by molar-refractivity contribution is -0.155. The maximum absolute atomic E-state index is 11.4. The quantitative estimate of drug-likeness (QED) is 0.598. The molecule has 0 aliphatic rings. The van der Waals surface area contributed by atoms with Gasteiger partial charge in [0.25, 0.3) is 0 Å². The minimum absolute atomic E-state index is 0.0410. The molecule has 0 aliphatic heterocycles. The van der Waals surface area contributed by atoms with Crippen molar-refractivity contribution in [2.75, 3.05) is 13.7 Å². The first-order valence-electron chi connectivity index (χ1n) is 4.85. The fraction of sp³-hybridized carbons (Fsp3) is 0.900. The zero-order valence-corrected chi connectivity index (χ0v) is 9.00. The molecule has 0 rings (SSSR count). The SMILES string of the molecule is CCC(CC)C(=O)OC(C)COC. The second-order valence-corrected chi connectivity index (χ2v) is 3.22. The summed E-state index contributed by atoms with van der Waals surface area (Å²) in [4.78, 5) is 11.4. The molecule has 0 aromatic carbocycles. The molecule has 3 nitrogen and oxygen atoms in total. The normalized spacial score (nSPS) is 13.0. The predicted molar refractivity (Wildman–Crippen MR) is 51.5 cm³/mol. The van der Waals surface area contributed by atoms with Crippen LogP contribution in [0.2, 0.25) is 0 Å². The van der Waals surface area contributed by atoms with Gasteiger partial charge in [-0.15, -0.1) is 0 Å². The molecule has 0 amide bonds. The lowest BCUT2D eigenvalue weighted by Gasteiger charge is -2.16. The average Bonchev–Trinajstić information content (AvgIpc) is 2.06. The molecule has 1 atom stereocenters. The summed E-state index contributed by atoms with van der Waals surface area (Å²) in [5.74, 6) is -0.0612. The molecule has 0 radical (unpaired) electrons. The number of carbonyl (C=O) groups is 1. The van der Waals surface area contributed by atoms with E-state index in [9.17, 15) is 4.79 Å². The second-order valence-electron chi connectivity index (χ2n) is 3.22. The van der Waals surface area contributed by atoms with Crippen molar-refractivity contribution < 1.29 is 14.3 Å². The highest BCUT2D eigenvalue weighted by Crippen LogP contribution is 2.10. The Morgan fingerprint density at radius 1 is 1.31 bits per heavy atom. The lowest BCUT2D eigenvalue weighted by atomic mass is 10.0. The lowest BCUT2D eigenvalue weighted by Crippen LogP contribution is -2.24. The van der Waals surface area contributed by atoms with Crippen molar-refractivity contribution in [2.45, 2.75) is 39.7 Å². The molecule has 0 aromatic rings. The highest BCUT2D eigenvalue weighted by molar-refractivity contribution is 5.72. The zero-order valence-electron chi connectivity index (χ0n) is 9.00. The summed E-state index contributed by atoms with van der Waals surface area (Å²) in [6.45, 7) is 6.29. The van der Waals surface area contributed by atoms with Crippen LogP contribution in [0.5, 0.6) is 0 Å². The molecule has 13 heavy (non-hydrogen) atoms. The van der Waals surface area contributed by atoms with E-state index < -0.39 is 0 Å². The van der Waals surface area contributed by atoms with Crippen LogP contribution in [0, 0.1) is 5.92 Å². The average molecular weight is 188 g/mol. The summed E-state index contributed by atoms with van der Waals surface area (Å²) in [5.41, 5.74) is 0. The van der Waals surface area contributed by atoms with Crippen molar-refractivity contribution in [1.29, 1.82) is 0 Å². The minimum Gasteiger partial charge on any atom is -0.460 e. The molecule has 1 unspecified atom stereocenters. The van der Waals surface area contributed by atoms with E-state index in [0.717, 1.165) is 12.8 Å². The van der Waals surface area contributed by atoms with E-state index in [0.29, 0.717) is 6.61 Å². The first kappa shape index (κ1) is 12.4. The Bertz CT molecular complexity index is 141. The monoisotopic (exact) mass is 188 g/mol. The van der Waals surface area contributed by atoms with Crippen molar-refractivity contribution in [1.82, 2.24) is 0 Å². The molecular weight excluding hydrogens is 168 g/mol. The van der Waals surface area contributed by atoms with E-state index in [2.05, 4.69) is 0 Å². The maximum Gasteiger partial charge on any atom is 0.309 e. The van der Waals surface area contributed by atoms with Crippen LogP contribution in [-0.4, -0.2) is 25.8 Å². The fourth-order valence-electron chi connectivity index (χ4n) is 1.19. The largest absolute Gasteiger partial charge is 0.460 e. The van der Waals surface area contributed by atoms with Crippen molar-refractivity contribution in [2.24, 2.45) is 5.92 Å². The van der Waals surface area contributed by atoms with Crippen LogP contribution < -0.4 is 0 Å². The maximum atomic E-state index is 11.4. The molecule has 3 heteroatoms. The zero-order chi connectivity index (χ0) is 10.3. The smallest absolute Gasteiger partial charge is 0.309 e. The van der Waals surface area contributed by atoms with Gasteiger partial charge in [0.1, 0.15) is 6.10 Å². The highest BCUT2D eigenvalue weighted by atomic mass is 16.6. The van der Waals surface area contributed by atoms with Crippen molar-refractivity contribution >= 4 is 5.97 Å². The van der Waals surface area contributed by atoms with Crippen molar-refractivity contribution in [3.63, 3.8) is 0 Å². The second kappa shape index (κ2) is 6.89. The van der Waals surface area contributed by atoms with Crippen LogP contribution in [0.15, 0.2) is 0 Å². The number of carbonyl (C=O) groups excluding carboxylic acids is 1. The molecule has 0 N–H and O–H groups in total. The molecular formula is C10H20O3. The van der Waals surface area contributed by atoms with Gasteiger partial charge in [0.05, 0.1) is 12.5 Å². The molecule has 0 bridgehead atoms. The van der Waals surface area contributed by atoms with Gasteiger partial charge < -0.3 is 9.47 Å². The number of esters is 1. The summed E-state index contributed by atoms with van der Waals surface area (Å²) >= 11 is 0. The molecule has 0 aromatic heterocycles. The molecule has 0 saturated carbocycles. The van der Waals surface area contributed by atoms with E-state index in [1.54, 1.807) is 7.11 Å². The third-order valence-electron chi connectivity index (χ3n) is 2.04. The Morgan fingerprint density at radius 2 is 1.85 bits per heavy atom. The summed E-state index contributed by atoms with van der Waals surface area (Å²) < 4.78 is 10.0. The van der Waals surface area contributed by atoms with Gasteiger partial charge in [0.2, 0.25) is 0 Å². The third-order valence-corrected chi connectivity index (χ3v) is 2.04. The predicted octanol–water partition coefficient (Wildman–Crippen LogP) is 2.00. The highest BCUT2D eigenvalue weighted by Gasteiger charge is 2.17. The van der Waals surface area contributed by atoms with Crippen LogP contribution >= 0.6 is 0 Å². The summed E-state index contributed by atoms with van der Waals surface area (Å²) in [5, 5.41) is 0. The van der Waals surface area contributed by atoms with Crippen LogP contribution in [0.3, 0.4) is 0 Å². The first-order chi connectivity index (χ1) is 6.15. The van der Waals surface area contributed by atoms with Crippen molar-refractivity contribution in [3.05, 3.63) is 0 Å². The number of rotatable bonds is 6. The van der Waals surface area contributed by atoms with Gasteiger partial charge in [-0.2, -0.15) is 0 Å². The van der Waals surface area contributed by atoms with Gasteiger partial charge in [0, 0.05) is 7.11 Å². The molecule has 0 saturated heterocycles.